The molecule has 11 heavy (non-hydrogen) atoms. The Labute approximate surface area is 74.4 Å². The molecule has 1 amide bonds. The first kappa shape index (κ1) is 10.8. The number of halogens is 1. The van der Waals surface area contributed by atoms with Crippen molar-refractivity contribution >= 4 is 18.3 Å². The second-order valence-electron chi connectivity index (χ2n) is 2.80. The molecule has 66 valence electrons. The summed E-state index contributed by atoms with van der Waals surface area (Å²) in [4.78, 5) is 13.1. The summed E-state index contributed by atoms with van der Waals surface area (Å²) in [7, 11) is 0. The van der Waals surface area contributed by atoms with Crippen LogP contribution in [0.3, 0.4) is 0 Å². The molecule has 0 aromatic rings. The number of carbonyl (C=O) groups is 1. The van der Waals surface area contributed by atoms with E-state index in [1.165, 1.54) is 19.3 Å². The molecule has 0 aromatic carbocycles. The number of hydrogen-bond donors (Lipinski definition) is 0. The van der Waals surface area contributed by atoms with Gasteiger partial charge in [0.1, 0.15) is 0 Å². The summed E-state index contributed by atoms with van der Waals surface area (Å²) in [6.07, 6.45) is 4.37. The molecule has 1 rings (SSSR count). The molecule has 0 radical (unpaired) electrons. The van der Waals surface area contributed by atoms with Crippen molar-refractivity contribution in [3.63, 3.8) is 0 Å². The van der Waals surface area contributed by atoms with Crippen molar-refractivity contribution in [1.29, 1.82) is 0 Å². The van der Waals surface area contributed by atoms with Crippen LogP contribution in [0, 0.1) is 0 Å². The van der Waals surface area contributed by atoms with Gasteiger partial charge in [0, 0.05) is 19.5 Å². The fourth-order valence-electron chi connectivity index (χ4n) is 1.37. The van der Waals surface area contributed by atoms with Crippen molar-refractivity contribution in [1.82, 2.24) is 4.90 Å². The van der Waals surface area contributed by atoms with Gasteiger partial charge >= 0.3 is 0 Å². The van der Waals surface area contributed by atoms with Gasteiger partial charge in [-0.25, -0.2) is 0 Å². The summed E-state index contributed by atoms with van der Waals surface area (Å²) < 4.78 is 0. The molecule has 0 N–H and O–H groups in total. The van der Waals surface area contributed by atoms with Gasteiger partial charge in [-0.05, 0) is 19.3 Å². The van der Waals surface area contributed by atoms with Crippen molar-refractivity contribution in [2.24, 2.45) is 0 Å². The van der Waals surface area contributed by atoms with Gasteiger partial charge in [0.15, 0.2) is 0 Å². The maximum atomic E-state index is 11.1. The summed E-state index contributed by atoms with van der Waals surface area (Å²) in [5, 5.41) is 0. The van der Waals surface area contributed by atoms with Gasteiger partial charge < -0.3 is 4.90 Å². The summed E-state index contributed by atoms with van der Waals surface area (Å²) in [6.45, 7) is 3.91. The molecule has 1 heterocycles. The Morgan fingerprint density at radius 3 is 2.27 bits per heavy atom. The van der Waals surface area contributed by atoms with Crippen LogP contribution in [-0.2, 0) is 4.79 Å². The smallest absolute Gasteiger partial charge is 0.222 e. The zero-order valence-corrected chi connectivity index (χ0v) is 7.82. The lowest BCUT2D eigenvalue weighted by molar-refractivity contribution is -0.131. The molecular weight excluding hydrogens is 162 g/mol. The minimum absolute atomic E-state index is 0. The fraction of sp³-hybridized carbons (Fsp3) is 0.875. The standard InChI is InChI=1S/C8H15NO.ClH/c1-2-8(10)9-6-4-3-5-7-9;/h2-7H2,1H3;1H. The van der Waals surface area contributed by atoms with Crippen LogP contribution in [0.2, 0.25) is 0 Å². The second kappa shape index (κ2) is 5.42. The highest BCUT2D eigenvalue weighted by Crippen LogP contribution is 2.09. The molecule has 0 spiro atoms. The first-order valence-electron chi connectivity index (χ1n) is 4.12. The van der Waals surface area contributed by atoms with Crippen molar-refractivity contribution in [2.45, 2.75) is 32.6 Å². The largest absolute Gasteiger partial charge is 0.343 e. The van der Waals surface area contributed by atoms with Gasteiger partial charge in [0.2, 0.25) is 5.91 Å². The minimum atomic E-state index is 0. The van der Waals surface area contributed by atoms with Crippen LogP contribution in [0.5, 0.6) is 0 Å². The van der Waals surface area contributed by atoms with Crippen LogP contribution >= 0.6 is 12.4 Å². The molecule has 0 atom stereocenters. The van der Waals surface area contributed by atoms with E-state index in [9.17, 15) is 4.79 Å². The van der Waals surface area contributed by atoms with Gasteiger partial charge in [-0.2, -0.15) is 0 Å². The maximum absolute atomic E-state index is 11.1. The fourth-order valence-corrected chi connectivity index (χ4v) is 1.37. The van der Waals surface area contributed by atoms with E-state index in [4.69, 9.17) is 0 Å². The molecule has 1 aliphatic rings. The summed E-state index contributed by atoms with van der Waals surface area (Å²) in [6, 6.07) is 0. The minimum Gasteiger partial charge on any atom is -0.343 e. The van der Waals surface area contributed by atoms with Crippen molar-refractivity contribution < 1.29 is 4.79 Å². The number of hydrogen-bond acceptors (Lipinski definition) is 1. The van der Waals surface area contributed by atoms with Gasteiger partial charge in [-0.15, -0.1) is 12.4 Å². The number of rotatable bonds is 1. The van der Waals surface area contributed by atoms with Crippen LogP contribution in [0.25, 0.3) is 0 Å². The van der Waals surface area contributed by atoms with Gasteiger partial charge in [0.05, 0.1) is 0 Å². The van der Waals surface area contributed by atoms with Crippen molar-refractivity contribution in [2.75, 3.05) is 13.1 Å². The molecule has 3 heteroatoms. The van der Waals surface area contributed by atoms with Crippen molar-refractivity contribution in [3.05, 3.63) is 0 Å². The first-order chi connectivity index (χ1) is 4.84. The lowest BCUT2D eigenvalue weighted by atomic mass is 10.1. The third-order valence-corrected chi connectivity index (χ3v) is 2.01. The molecule has 0 unspecified atom stereocenters. The van der Waals surface area contributed by atoms with Gasteiger partial charge in [-0.1, -0.05) is 6.92 Å². The van der Waals surface area contributed by atoms with E-state index in [0.29, 0.717) is 12.3 Å². The molecule has 1 fully saturated rings. The topological polar surface area (TPSA) is 20.3 Å². The molecule has 2 nitrogen and oxygen atoms in total. The third kappa shape index (κ3) is 3.10. The number of nitrogens with zero attached hydrogens (tertiary/aromatic N) is 1. The van der Waals surface area contributed by atoms with E-state index in [1.807, 2.05) is 11.8 Å². The normalized spacial score (nSPS) is 17.4. The molecule has 1 saturated heterocycles. The highest BCUT2D eigenvalue weighted by atomic mass is 35.5. The van der Waals surface area contributed by atoms with Crippen LogP contribution in [0.1, 0.15) is 32.6 Å². The van der Waals surface area contributed by atoms with Gasteiger partial charge in [-0.3, -0.25) is 4.79 Å². The Hall–Kier alpha value is -0.240. The summed E-state index contributed by atoms with van der Waals surface area (Å²) in [5.74, 6) is 0.319. The Morgan fingerprint density at radius 1 is 1.27 bits per heavy atom. The summed E-state index contributed by atoms with van der Waals surface area (Å²) in [5.41, 5.74) is 0. The van der Waals surface area contributed by atoms with E-state index >= 15 is 0 Å². The van der Waals surface area contributed by atoms with Gasteiger partial charge in [0.25, 0.3) is 0 Å². The second-order valence-corrected chi connectivity index (χ2v) is 2.80. The Balaban J connectivity index is 0.000001000. The molecule has 0 aliphatic carbocycles. The number of carbonyl (C=O) groups excluding carboxylic acids is 1. The summed E-state index contributed by atoms with van der Waals surface area (Å²) >= 11 is 0. The zero-order valence-electron chi connectivity index (χ0n) is 7.01. The average molecular weight is 178 g/mol. The van der Waals surface area contributed by atoms with Crippen LogP contribution < -0.4 is 0 Å². The highest BCUT2D eigenvalue weighted by molar-refractivity contribution is 5.85. The molecule has 1 aliphatic heterocycles. The third-order valence-electron chi connectivity index (χ3n) is 2.01. The van der Waals surface area contributed by atoms with Crippen LogP contribution in [0.15, 0.2) is 0 Å². The Morgan fingerprint density at radius 2 is 1.82 bits per heavy atom. The average Bonchev–Trinajstić information content (AvgIpc) is 2.05. The molecule has 0 aromatic heterocycles. The number of piperidine rings is 1. The number of likely N-dealkylation sites (tertiary alicyclic amines) is 1. The van der Waals surface area contributed by atoms with E-state index in [0.717, 1.165) is 13.1 Å². The monoisotopic (exact) mass is 177 g/mol. The molecule has 0 bridgehead atoms. The predicted molar refractivity (Wildman–Crippen MR) is 48.0 cm³/mol. The van der Waals surface area contributed by atoms with Crippen LogP contribution in [-0.4, -0.2) is 23.9 Å². The van der Waals surface area contributed by atoms with E-state index < -0.39 is 0 Å². The van der Waals surface area contributed by atoms with E-state index in [-0.39, 0.29) is 12.4 Å². The van der Waals surface area contributed by atoms with Crippen molar-refractivity contribution in [3.8, 4) is 0 Å². The SMILES string of the molecule is CCC(=O)N1CCCCC1.Cl. The lowest BCUT2D eigenvalue weighted by Crippen LogP contribution is -2.34. The Bertz CT molecular complexity index is 121. The highest BCUT2D eigenvalue weighted by Gasteiger charge is 2.13. The van der Waals surface area contributed by atoms with E-state index in [1.54, 1.807) is 0 Å². The first-order valence-corrected chi connectivity index (χ1v) is 4.12. The predicted octanol–water partition coefficient (Wildman–Crippen LogP) is 1.83. The lowest BCUT2D eigenvalue weighted by Gasteiger charge is -2.26. The number of amides is 1. The molecule has 0 saturated carbocycles. The van der Waals surface area contributed by atoms with E-state index in [2.05, 4.69) is 0 Å². The Kier molecular flexibility index (Phi) is 5.30. The zero-order chi connectivity index (χ0) is 7.40. The quantitative estimate of drug-likeness (QED) is 0.599. The van der Waals surface area contributed by atoms with Crippen LogP contribution in [0.4, 0.5) is 0 Å². The molecular formula is C8H16ClNO. The maximum Gasteiger partial charge on any atom is 0.222 e.